The van der Waals surface area contributed by atoms with Crippen LogP contribution in [0.5, 0.6) is 11.5 Å². The highest BCUT2D eigenvalue weighted by Gasteiger charge is 2.52. The number of ether oxygens (including phenoxy) is 1. The largest absolute Gasteiger partial charge is 0.457 e. The van der Waals surface area contributed by atoms with Crippen LogP contribution < -0.4 is 20.9 Å². The Morgan fingerprint density at radius 1 is 1.03 bits per heavy atom. The van der Waals surface area contributed by atoms with E-state index < -0.39 is 5.41 Å². The van der Waals surface area contributed by atoms with Crippen molar-refractivity contribution >= 4 is 11.8 Å². The fourth-order valence-electron chi connectivity index (χ4n) is 5.39. The van der Waals surface area contributed by atoms with Gasteiger partial charge in [0.1, 0.15) is 11.5 Å². The Hall–Kier alpha value is -2.90. The molecule has 1 heterocycles. The summed E-state index contributed by atoms with van der Waals surface area (Å²) in [5, 5.41) is 15.5. The van der Waals surface area contributed by atoms with Crippen molar-refractivity contribution < 1.29 is 19.5 Å². The number of hydroxylamine groups is 1. The van der Waals surface area contributed by atoms with Gasteiger partial charge in [-0.15, -0.1) is 0 Å². The summed E-state index contributed by atoms with van der Waals surface area (Å²) in [6.07, 6.45) is 5.27. The van der Waals surface area contributed by atoms with Crippen molar-refractivity contribution in [1.29, 1.82) is 0 Å². The monoisotopic (exact) mass is 437 g/mol. The fourth-order valence-corrected chi connectivity index (χ4v) is 5.39. The van der Waals surface area contributed by atoms with Crippen LogP contribution >= 0.6 is 0 Å². The Bertz CT molecular complexity index is 969. The molecule has 7 nitrogen and oxygen atoms in total. The van der Waals surface area contributed by atoms with Gasteiger partial charge in [0.15, 0.2) is 0 Å². The maximum atomic E-state index is 12.8. The molecule has 0 radical (unpaired) electrons. The van der Waals surface area contributed by atoms with Gasteiger partial charge in [-0.25, -0.2) is 5.48 Å². The zero-order valence-corrected chi connectivity index (χ0v) is 18.4. The number of nitrogens with one attached hydrogen (secondary N) is 3. The Morgan fingerprint density at radius 2 is 1.78 bits per heavy atom. The van der Waals surface area contributed by atoms with Crippen molar-refractivity contribution in [3.8, 4) is 11.5 Å². The normalized spacial score (nSPS) is 21.8. The van der Waals surface area contributed by atoms with Gasteiger partial charge in [0.05, 0.1) is 5.41 Å². The molecule has 2 aromatic carbocycles. The van der Waals surface area contributed by atoms with Crippen molar-refractivity contribution in [2.75, 3.05) is 20.1 Å². The Kier molecular flexibility index (Phi) is 6.48. The molecule has 170 valence electrons. The Labute approximate surface area is 188 Å². The second-order valence-electron chi connectivity index (χ2n) is 9.18. The van der Waals surface area contributed by atoms with Gasteiger partial charge in [0, 0.05) is 12.6 Å². The van der Waals surface area contributed by atoms with E-state index in [4.69, 9.17) is 4.74 Å². The third-order valence-corrected chi connectivity index (χ3v) is 7.11. The summed E-state index contributed by atoms with van der Waals surface area (Å²) < 4.78 is 5.99. The highest BCUT2D eigenvalue weighted by Crippen LogP contribution is 2.55. The lowest BCUT2D eigenvalue weighted by molar-refractivity contribution is -0.140. The fraction of sp³-hybridized carbons (Fsp3) is 0.440. The lowest BCUT2D eigenvalue weighted by Gasteiger charge is -2.36. The zero-order valence-electron chi connectivity index (χ0n) is 18.4. The SMILES string of the molecule is CNC(=O)c1ccc(Oc2cccc(CC3(C(=O)NO)CCC4(CCNCC4)C3)c2)cc1. The Balaban J connectivity index is 1.50. The van der Waals surface area contributed by atoms with Gasteiger partial charge < -0.3 is 15.4 Å². The van der Waals surface area contributed by atoms with Gasteiger partial charge in [-0.2, -0.15) is 0 Å². The molecule has 1 unspecified atom stereocenters. The Morgan fingerprint density at radius 3 is 2.47 bits per heavy atom. The predicted octanol–water partition coefficient (Wildman–Crippen LogP) is 3.43. The van der Waals surface area contributed by atoms with Crippen molar-refractivity contribution in [2.45, 2.75) is 38.5 Å². The molecule has 4 N–H and O–H groups in total. The van der Waals surface area contributed by atoms with Gasteiger partial charge in [-0.05, 0) is 99.0 Å². The smallest absolute Gasteiger partial charge is 0.251 e. The standard InChI is InChI=1S/C25H31N3O4/c1-26-22(29)19-5-7-20(8-6-19)32-21-4-2-3-18(15-21)16-25(23(30)28-31)10-9-24(17-25)11-13-27-14-12-24/h2-8,15,27,31H,9-14,16-17H2,1H3,(H,26,29)(H,28,30). The highest BCUT2D eigenvalue weighted by atomic mass is 16.5. The summed E-state index contributed by atoms with van der Waals surface area (Å²) in [4.78, 5) is 24.5. The molecule has 0 bridgehead atoms. The van der Waals surface area contributed by atoms with E-state index in [0.29, 0.717) is 23.5 Å². The summed E-state index contributed by atoms with van der Waals surface area (Å²) in [6, 6.07) is 14.7. The van der Waals surface area contributed by atoms with Crippen molar-refractivity contribution in [3.05, 3.63) is 59.7 Å². The molecule has 7 heteroatoms. The van der Waals surface area contributed by atoms with Gasteiger partial charge in [0.25, 0.3) is 5.91 Å². The number of hydrogen-bond donors (Lipinski definition) is 4. The first-order valence-corrected chi connectivity index (χ1v) is 11.2. The minimum Gasteiger partial charge on any atom is -0.457 e. The van der Waals surface area contributed by atoms with E-state index in [-0.39, 0.29) is 17.2 Å². The summed E-state index contributed by atoms with van der Waals surface area (Å²) in [7, 11) is 1.60. The van der Waals surface area contributed by atoms with Crippen molar-refractivity contribution in [1.82, 2.24) is 16.1 Å². The number of carbonyl (C=O) groups excluding carboxylic acids is 2. The molecule has 1 spiro atoms. The van der Waals surface area contributed by atoms with E-state index in [1.807, 2.05) is 29.7 Å². The van der Waals surface area contributed by atoms with Crippen LogP contribution in [0.3, 0.4) is 0 Å². The van der Waals surface area contributed by atoms with Crippen LogP contribution in [0, 0.1) is 10.8 Å². The first-order valence-electron chi connectivity index (χ1n) is 11.2. The minimum absolute atomic E-state index is 0.144. The molecular weight excluding hydrogens is 406 g/mol. The van der Waals surface area contributed by atoms with E-state index in [1.165, 1.54) is 0 Å². The highest BCUT2D eigenvalue weighted by molar-refractivity contribution is 5.94. The van der Waals surface area contributed by atoms with Crippen LogP contribution in [-0.2, 0) is 11.2 Å². The van der Waals surface area contributed by atoms with Crippen LogP contribution in [0.1, 0.15) is 48.0 Å². The molecule has 1 aliphatic carbocycles. The lowest BCUT2D eigenvalue weighted by Crippen LogP contribution is -2.42. The molecule has 1 saturated heterocycles. The van der Waals surface area contributed by atoms with Crippen LogP contribution in [-0.4, -0.2) is 37.2 Å². The van der Waals surface area contributed by atoms with E-state index in [0.717, 1.165) is 50.8 Å². The molecule has 2 amide bonds. The number of piperidine rings is 1. The number of benzene rings is 2. The maximum absolute atomic E-state index is 12.8. The number of carbonyl (C=O) groups is 2. The second kappa shape index (κ2) is 9.30. The predicted molar refractivity (Wildman–Crippen MR) is 121 cm³/mol. The van der Waals surface area contributed by atoms with Crippen LogP contribution in [0.2, 0.25) is 0 Å². The summed E-state index contributed by atoms with van der Waals surface area (Å²) in [5.74, 6) is 0.870. The third kappa shape index (κ3) is 4.64. The van der Waals surface area contributed by atoms with E-state index in [9.17, 15) is 14.8 Å². The quantitative estimate of drug-likeness (QED) is 0.410. The summed E-state index contributed by atoms with van der Waals surface area (Å²) >= 11 is 0. The molecule has 2 aliphatic rings. The van der Waals surface area contributed by atoms with Gasteiger partial charge in [0.2, 0.25) is 5.91 Å². The second-order valence-corrected chi connectivity index (χ2v) is 9.18. The minimum atomic E-state index is -0.611. The van der Waals surface area contributed by atoms with Gasteiger partial charge >= 0.3 is 0 Å². The molecule has 1 saturated carbocycles. The average Bonchev–Trinajstić information content (AvgIpc) is 3.17. The van der Waals surface area contributed by atoms with Crippen LogP contribution in [0.25, 0.3) is 0 Å². The average molecular weight is 438 g/mol. The number of rotatable bonds is 6. The number of hydrogen-bond acceptors (Lipinski definition) is 5. The first-order chi connectivity index (χ1) is 15.5. The first kappa shape index (κ1) is 22.3. The lowest BCUT2D eigenvalue weighted by atomic mass is 9.71. The summed E-state index contributed by atoms with van der Waals surface area (Å²) in [5.41, 5.74) is 3.08. The topological polar surface area (TPSA) is 99.7 Å². The summed E-state index contributed by atoms with van der Waals surface area (Å²) in [6.45, 7) is 1.97. The molecule has 0 aromatic heterocycles. The molecule has 2 aromatic rings. The molecule has 32 heavy (non-hydrogen) atoms. The van der Waals surface area contributed by atoms with Crippen LogP contribution in [0.4, 0.5) is 0 Å². The third-order valence-electron chi connectivity index (χ3n) is 7.11. The van der Waals surface area contributed by atoms with Gasteiger partial charge in [-0.1, -0.05) is 12.1 Å². The molecular formula is C25H31N3O4. The van der Waals surface area contributed by atoms with E-state index in [2.05, 4.69) is 10.6 Å². The van der Waals surface area contributed by atoms with E-state index in [1.54, 1.807) is 31.3 Å². The maximum Gasteiger partial charge on any atom is 0.251 e. The van der Waals surface area contributed by atoms with Crippen LogP contribution in [0.15, 0.2) is 48.5 Å². The molecule has 2 fully saturated rings. The van der Waals surface area contributed by atoms with Crippen molar-refractivity contribution in [2.24, 2.45) is 10.8 Å². The molecule has 4 rings (SSSR count). The van der Waals surface area contributed by atoms with Crippen molar-refractivity contribution in [3.63, 3.8) is 0 Å². The number of amides is 2. The van der Waals surface area contributed by atoms with E-state index >= 15 is 0 Å². The van der Waals surface area contributed by atoms with Gasteiger partial charge in [-0.3, -0.25) is 14.8 Å². The zero-order chi connectivity index (χ0) is 22.6. The molecule has 1 aliphatic heterocycles. The molecule has 1 atom stereocenters.